The number of benzene rings is 2. The van der Waals surface area contributed by atoms with Crippen LogP contribution in [0.15, 0.2) is 54.6 Å². The molecular weight excluding hydrogens is 461 g/mol. The van der Waals surface area contributed by atoms with Gasteiger partial charge in [0.2, 0.25) is 5.88 Å². The predicted octanol–water partition coefficient (Wildman–Crippen LogP) is 5.47. The molecule has 4 rings (SSSR count). The number of pyridine rings is 1. The second kappa shape index (κ2) is 9.65. The molecule has 0 atom stereocenters. The van der Waals surface area contributed by atoms with Gasteiger partial charge in [-0.15, -0.1) is 0 Å². The summed E-state index contributed by atoms with van der Waals surface area (Å²) in [4.78, 5) is 16.6. The van der Waals surface area contributed by atoms with Gasteiger partial charge in [0.15, 0.2) is 12.3 Å². The molecule has 7 nitrogen and oxygen atoms in total. The minimum Gasteiger partial charge on any atom is -0.494 e. The van der Waals surface area contributed by atoms with Crippen molar-refractivity contribution in [3.63, 3.8) is 0 Å². The van der Waals surface area contributed by atoms with E-state index in [0.717, 1.165) is 11.6 Å². The Bertz CT molecular complexity index is 1350. The van der Waals surface area contributed by atoms with Crippen LogP contribution in [0.25, 0.3) is 16.7 Å². The van der Waals surface area contributed by atoms with E-state index in [-0.39, 0.29) is 22.6 Å². The van der Waals surface area contributed by atoms with Crippen molar-refractivity contribution in [1.29, 1.82) is 0 Å². The molecule has 1 amide bonds. The van der Waals surface area contributed by atoms with Gasteiger partial charge in [-0.25, -0.2) is 4.68 Å². The number of nitrogens with one attached hydrogen (secondary N) is 1. The van der Waals surface area contributed by atoms with Gasteiger partial charge in [-0.05, 0) is 57.2 Å². The smallest absolute Gasteiger partial charge is 0.417 e. The number of nitrogens with zero attached hydrogens (tertiary/aromatic N) is 3. The molecular formula is C25H23F3N4O3. The van der Waals surface area contributed by atoms with Gasteiger partial charge in [0.25, 0.3) is 5.91 Å². The lowest BCUT2D eigenvalue weighted by molar-refractivity contribution is -0.136. The minimum absolute atomic E-state index is 0.0110. The first-order valence-corrected chi connectivity index (χ1v) is 10.9. The fourth-order valence-electron chi connectivity index (χ4n) is 3.57. The highest BCUT2D eigenvalue weighted by atomic mass is 19.4. The van der Waals surface area contributed by atoms with Crippen LogP contribution in [0.4, 0.5) is 18.9 Å². The van der Waals surface area contributed by atoms with E-state index in [9.17, 15) is 18.0 Å². The molecule has 2 aromatic carbocycles. The summed E-state index contributed by atoms with van der Waals surface area (Å²) in [6.07, 6.45) is -4.67. The van der Waals surface area contributed by atoms with E-state index in [1.807, 2.05) is 26.0 Å². The third-order valence-corrected chi connectivity index (χ3v) is 5.17. The molecule has 0 aliphatic heterocycles. The standard InChI is InChI=1S/C25H23F3N4O3/c1-4-34-19-11-7-17(8-12-19)29-21(33)14-35-22-13-20(25(26,27)28)23-16(3)31-32(24(23)30-22)18-9-5-15(2)6-10-18/h5-13H,4,14H2,1-3H3,(H,29,33). The summed E-state index contributed by atoms with van der Waals surface area (Å²) in [6.45, 7) is 5.24. The van der Waals surface area contributed by atoms with Crippen molar-refractivity contribution in [2.75, 3.05) is 18.5 Å². The van der Waals surface area contributed by atoms with Crippen molar-refractivity contribution in [2.24, 2.45) is 0 Å². The van der Waals surface area contributed by atoms with Crippen LogP contribution in [0.3, 0.4) is 0 Å². The van der Waals surface area contributed by atoms with Gasteiger partial charge in [0, 0.05) is 11.8 Å². The van der Waals surface area contributed by atoms with E-state index in [1.54, 1.807) is 36.4 Å². The maximum Gasteiger partial charge on any atom is 0.417 e. The number of ether oxygens (including phenoxy) is 2. The van der Waals surface area contributed by atoms with E-state index >= 15 is 0 Å². The van der Waals surface area contributed by atoms with Crippen molar-refractivity contribution < 1.29 is 27.4 Å². The zero-order valence-electron chi connectivity index (χ0n) is 19.3. The summed E-state index contributed by atoms with van der Waals surface area (Å²) < 4.78 is 53.8. The molecule has 2 heterocycles. The maximum atomic E-state index is 13.9. The van der Waals surface area contributed by atoms with Gasteiger partial charge >= 0.3 is 6.18 Å². The van der Waals surface area contributed by atoms with Crippen LogP contribution in [-0.4, -0.2) is 33.9 Å². The van der Waals surface area contributed by atoms with E-state index in [2.05, 4.69) is 15.4 Å². The Balaban J connectivity index is 1.61. The molecule has 0 fully saturated rings. The highest BCUT2D eigenvalue weighted by Gasteiger charge is 2.36. The second-order valence-corrected chi connectivity index (χ2v) is 7.83. The lowest BCUT2D eigenvalue weighted by Crippen LogP contribution is -2.20. The van der Waals surface area contributed by atoms with E-state index in [1.165, 1.54) is 11.6 Å². The topological polar surface area (TPSA) is 78.3 Å². The number of alkyl halides is 3. The largest absolute Gasteiger partial charge is 0.494 e. The summed E-state index contributed by atoms with van der Waals surface area (Å²) in [5.41, 5.74) is 1.28. The Labute approximate surface area is 199 Å². The molecule has 4 aromatic rings. The molecule has 182 valence electrons. The SMILES string of the molecule is CCOc1ccc(NC(=O)COc2cc(C(F)(F)F)c3c(C)nn(-c4ccc(C)cc4)c3n2)cc1. The molecule has 35 heavy (non-hydrogen) atoms. The number of carbonyl (C=O) groups is 1. The number of rotatable bonds is 7. The number of halogens is 3. The van der Waals surface area contributed by atoms with Crippen LogP contribution < -0.4 is 14.8 Å². The lowest BCUT2D eigenvalue weighted by Gasteiger charge is -2.12. The Morgan fingerprint density at radius 1 is 1.03 bits per heavy atom. The highest BCUT2D eigenvalue weighted by Crippen LogP contribution is 2.38. The van der Waals surface area contributed by atoms with E-state index < -0.39 is 24.3 Å². The predicted molar refractivity (Wildman–Crippen MR) is 125 cm³/mol. The summed E-state index contributed by atoms with van der Waals surface area (Å²) in [5, 5.41) is 6.79. The zero-order chi connectivity index (χ0) is 25.2. The van der Waals surface area contributed by atoms with E-state index in [4.69, 9.17) is 9.47 Å². The number of hydrogen-bond acceptors (Lipinski definition) is 5. The van der Waals surface area contributed by atoms with Crippen LogP contribution >= 0.6 is 0 Å². The Morgan fingerprint density at radius 3 is 2.34 bits per heavy atom. The molecule has 0 radical (unpaired) electrons. The fraction of sp³-hybridized carbons (Fsp3) is 0.240. The molecule has 1 N–H and O–H groups in total. The van der Waals surface area contributed by atoms with Crippen molar-refractivity contribution in [1.82, 2.24) is 14.8 Å². The van der Waals surface area contributed by atoms with E-state index in [0.29, 0.717) is 23.7 Å². The molecule has 0 spiro atoms. The van der Waals surface area contributed by atoms with Crippen LogP contribution in [0, 0.1) is 13.8 Å². The first kappa shape index (κ1) is 24.1. The summed E-state index contributed by atoms with van der Waals surface area (Å²) >= 11 is 0. The molecule has 0 aliphatic carbocycles. The first-order chi connectivity index (χ1) is 16.7. The second-order valence-electron chi connectivity index (χ2n) is 7.83. The van der Waals surface area contributed by atoms with Crippen molar-refractivity contribution in [2.45, 2.75) is 26.9 Å². The minimum atomic E-state index is -4.67. The molecule has 0 saturated carbocycles. The number of carbonyl (C=O) groups excluding carboxylic acids is 1. The average molecular weight is 484 g/mol. The highest BCUT2D eigenvalue weighted by molar-refractivity contribution is 5.92. The normalized spacial score (nSPS) is 11.5. The van der Waals surface area contributed by atoms with Crippen LogP contribution in [-0.2, 0) is 11.0 Å². The maximum absolute atomic E-state index is 13.9. The summed E-state index contributed by atoms with van der Waals surface area (Å²) in [5.74, 6) is -0.229. The Morgan fingerprint density at radius 2 is 1.71 bits per heavy atom. The van der Waals surface area contributed by atoms with Crippen molar-refractivity contribution >= 4 is 22.6 Å². The fourth-order valence-corrected chi connectivity index (χ4v) is 3.57. The Hall–Kier alpha value is -4.08. The van der Waals surface area contributed by atoms with Crippen LogP contribution in [0.1, 0.15) is 23.7 Å². The number of fused-ring (bicyclic) bond motifs is 1. The van der Waals surface area contributed by atoms with Gasteiger partial charge in [-0.3, -0.25) is 4.79 Å². The number of aromatic nitrogens is 3. The zero-order valence-corrected chi connectivity index (χ0v) is 19.3. The lowest BCUT2D eigenvalue weighted by atomic mass is 10.1. The number of aryl methyl sites for hydroxylation is 2. The summed E-state index contributed by atoms with van der Waals surface area (Å²) in [7, 11) is 0. The molecule has 0 saturated heterocycles. The summed E-state index contributed by atoms with van der Waals surface area (Å²) in [6, 6.07) is 14.6. The molecule has 10 heteroatoms. The van der Waals surface area contributed by atoms with Crippen molar-refractivity contribution in [3.8, 4) is 17.3 Å². The molecule has 2 aromatic heterocycles. The number of amides is 1. The van der Waals surface area contributed by atoms with Crippen LogP contribution in [0.2, 0.25) is 0 Å². The quantitative estimate of drug-likeness (QED) is 0.376. The van der Waals surface area contributed by atoms with Gasteiger partial charge in [-0.1, -0.05) is 17.7 Å². The van der Waals surface area contributed by atoms with Crippen molar-refractivity contribution in [3.05, 3.63) is 71.4 Å². The van der Waals surface area contributed by atoms with Gasteiger partial charge in [0.1, 0.15) is 5.75 Å². The van der Waals surface area contributed by atoms with Crippen LogP contribution in [0.5, 0.6) is 11.6 Å². The third kappa shape index (κ3) is 5.37. The van der Waals surface area contributed by atoms with Gasteiger partial charge in [-0.2, -0.15) is 23.3 Å². The average Bonchev–Trinajstić information content (AvgIpc) is 3.15. The third-order valence-electron chi connectivity index (χ3n) is 5.17. The first-order valence-electron chi connectivity index (χ1n) is 10.9. The molecule has 0 unspecified atom stereocenters. The van der Waals surface area contributed by atoms with Gasteiger partial charge < -0.3 is 14.8 Å². The molecule has 0 bridgehead atoms. The van der Waals surface area contributed by atoms with Gasteiger partial charge in [0.05, 0.1) is 28.9 Å². The number of hydrogen-bond donors (Lipinski definition) is 1. The Kier molecular flexibility index (Phi) is 6.63. The monoisotopic (exact) mass is 484 g/mol. The number of anilines is 1. The molecule has 0 aliphatic rings.